The number of hydrogen-bond donors (Lipinski definition) is 2. The van der Waals surface area contributed by atoms with E-state index in [0.29, 0.717) is 5.92 Å². The van der Waals surface area contributed by atoms with Crippen molar-refractivity contribution in [1.29, 1.82) is 0 Å². The molecule has 0 aliphatic heterocycles. The summed E-state index contributed by atoms with van der Waals surface area (Å²) in [5.41, 5.74) is 10.0. The highest BCUT2D eigenvalue weighted by atomic mass is 14.7. The minimum Gasteiger partial charge on any atom is -0.364 e. The van der Waals surface area contributed by atoms with Crippen LogP contribution in [0.2, 0.25) is 0 Å². The Morgan fingerprint density at radius 2 is 2.50 bits per heavy atom. The van der Waals surface area contributed by atoms with Gasteiger partial charge in [-0.25, -0.2) is 0 Å². The van der Waals surface area contributed by atoms with Gasteiger partial charge in [0.1, 0.15) is 0 Å². The lowest BCUT2D eigenvalue weighted by molar-refractivity contribution is 0.464. The fourth-order valence-corrected chi connectivity index (χ4v) is 2.08. The number of hydrogen-bond acceptors (Lipinski definition) is 1. The Kier molecular flexibility index (Phi) is 1.93. The Morgan fingerprint density at radius 1 is 1.67 bits per heavy atom. The van der Waals surface area contributed by atoms with Crippen LogP contribution in [0.3, 0.4) is 0 Å². The molecule has 1 aromatic heterocycles. The van der Waals surface area contributed by atoms with Gasteiger partial charge in [0.25, 0.3) is 0 Å². The monoisotopic (exact) mass is 164 g/mol. The molecule has 2 heteroatoms. The maximum atomic E-state index is 5.65. The fourth-order valence-electron chi connectivity index (χ4n) is 2.08. The van der Waals surface area contributed by atoms with Crippen molar-refractivity contribution in [2.75, 3.05) is 6.54 Å². The van der Waals surface area contributed by atoms with E-state index in [9.17, 15) is 0 Å². The maximum Gasteiger partial charge on any atom is 0.0185 e. The Bertz CT molecular complexity index is 275. The van der Waals surface area contributed by atoms with Crippen LogP contribution in [0.4, 0.5) is 0 Å². The SMILES string of the molecule is Cc1c[nH]c2c1CCC(CN)C2. The van der Waals surface area contributed by atoms with Crippen molar-refractivity contribution in [2.24, 2.45) is 11.7 Å². The molecule has 0 amide bonds. The quantitative estimate of drug-likeness (QED) is 0.647. The summed E-state index contributed by atoms with van der Waals surface area (Å²) in [6.45, 7) is 3.01. The van der Waals surface area contributed by atoms with Crippen molar-refractivity contribution >= 4 is 0 Å². The van der Waals surface area contributed by atoms with Crippen LogP contribution in [-0.2, 0) is 12.8 Å². The summed E-state index contributed by atoms with van der Waals surface area (Å²) in [5, 5.41) is 0. The van der Waals surface area contributed by atoms with Crippen molar-refractivity contribution in [3.05, 3.63) is 23.0 Å². The number of nitrogens with two attached hydrogens (primary N) is 1. The summed E-state index contributed by atoms with van der Waals surface area (Å²) in [6.07, 6.45) is 5.75. The number of aromatic amines is 1. The van der Waals surface area contributed by atoms with Gasteiger partial charge in [0, 0.05) is 11.9 Å². The van der Waals surface area contributed by atoms with E-state index in [4.69, 9.17) is 5.73 Å². The Hall–Kier alpha value is -0.760. The minimum atomic E-state index is 0.704. The third-order valence-corrected chi connectivity index (χ3v) is 2.93. The summed E-state index contributed by atoms with van der Waals surface area (Å²) in [7, 11) is 0. The summed E-state index contributed by atoms with van der Waals surface area (Å²) >= 11 is 0. The third kappa shape index (κ3) is 1.16. The van der Waals surface area contributed by atoms with E-state index in [1.807, 2.05) is 0 Å². The molecular formula is C10H16N2. The summed E-state index contributed by atoms with van der Waals surface area (Å²) < 4.78 is 0. The first-order valence-electron chi connectivity index (χ1n) is 4.67. The number of aryl methyl sites for hydroxylation is 1. The third-order valence-electron chi connectivity index (χ3n) is 2.93. The van der Waals surface area contributed by atoms with E-state index < -0.39 is 0 Å². The highest BCUT2D eigenvalue weighted by Crippen LogP contribution is 2.26. The van der Waals surface area contributed by atoms with Gasteiger partial charge in [0.2, 0.25) is 0 Å². The highest BCUT2D eigenvalue weighted by Gasteiger charge is 2.19. The number of H-pyrrole nitrogens is 1. The van der Waals surface area contributed by atoms with Crippen LogP contribution < -0.4 is 5.73 Å². The van der Waals surface area contributed by atoms with Crippen LogP contribution in [0.15, 0.2) is 6.20 Å². The molecule has 1 aromatic rings. The molecule has 0 saturated carbocycles. The van der Waals surface area contributed by atoms with Gasteiger partial charge >= 0.3 is 0 Å². The molecule has 12 heavy (non-hydrogen) atoms. The predicted octanol–water partition coefficient (Wildman–Crippen LogP) is 1.39. The topological polar surface area (TPSA) is 41.8 Å². The molecule has 1 aliphatic rings. The Morgan fingerprint density at radius 3 is 3.25 bits per heavy atom. The smallest absolute Gasteiger partial charge is 0.0185 e. The van der Waals surface area contributed by atoms with E-state index in [2.05, 4.69) is 18.1 Å². The van der Waals surface area contributed by atoms with Gasteiger partial charge < -0.3 is 10.7 Å². The number of aromatic nitrogens is 1. The van der Waals surface area contributed by atoms with E-state index in [1.54, 1.807) is 5.56 Å². The molecule has 2 nitrogen and oxygen atoms in total. The first-order valence-corrected chi connectivity index (χ1v) is 4.67. The molecule has 66 valence electrons. The minimum absolute atomic E-state index is 0.704. The molecule has 0 saturated heterocycles. The van der Waals surface area contributed by atoms with Crippen molar-refractivity contribution in [2.45, 2.75) is 26.2 Å². The number of fused-ring (bicyclic) bond motifs is 1. The van der Waals surface area contributed by atoms with Crippen molar-refractivity contribution in [3.63, 3.8) is 0 Å². The highest BCUT2D eigenvalue weighted by molar-refractivity contribution is 5.32. The standard InChI is InChI=1S/C10H16N2/c1-7-6-12-10-4-8(5-11)2-3-9(7)10/h6,8,12H,2-5,11H2,1H3. The van der Waals surface area contributed by atoms with Crippen molar-refractivity contribution in [1.82, 2.24) is 4.98 Å². The van der Waals surface area contributed by atoms with Crippen LogP contribution in [-0.4, -0.2) is 11.5 Å². The fraction of sp³-hybridized carbons (Fsp3) is 0.600. The zero-order valence-electron chi connectivity index (χ0n) is 7.56. The molecule has 3 N–H and O–H groups in total. The number of nitrogens with one attached hydrogen (secondary N) is 1. The molecule has 0 spiro atoms. The van der Waals surface area contributed by atoms with E-state index >= 15 is 0 Å². The summed E-state index contributed by atoms with van der Waals surface area (Å²) in [6, 6.07) is 0. The molecule has 0 fully saturated rings. The Labute approximate surface area is 73.2 Å². The number of rotatable bonds is 1. The van der Waals surface area contributed by atoms with Crippen molar-refractivity contribution in [3.8, 4) is 0 Å². The van der Waals surface area contributed by atoms with Gasteiger partial charge in [-0.3, -0.25) is 0 Å². The van der Waals surface area contributed by atoms with E-state index in [0.717, 1.165) is 13.0 Å². The molecule has 2 rings (SSSR count). The van der Waals surface area contributed by atoms with E-state index in [-0.39, 0.29) is 0 Å². The summed E-state index contributed by atoms with van der Waals surface area (Å²) in [4.78, 5) is 3.33. The van der Waals surface area contributed by atoms with Gasteiger partial charge in [-0.2, -0.15) is 0 Å². The molecule has 0 radical (unpaired) electrons. The second kappa shape index (κ2) is 2.94. The first kappa shape index (κ1) is 7.87. The van der Waals surface area contributed by atoms with Crippen LogP contribution >= 0.6 is 0 Å². The van der Waals surface area contributed by atoms with Gasteiger partial charge in [-0.15, -0.1) is 0 Å². The molecular weight excluding hydrogens is 148 g/mol. The second-order valence-electron chi connectivity index (χ2n) is 3.77. The maximum absolute atomic E-state index is 5.65. The predicted molar refractivity (Wildman–Crippen MR) is 50.1 cm³/mol. The van der Waals surface area contributed by atoms with Crippen LogP contribution in [0.25, 0.3) is 0 Å². The van der Waals surface area contributed by atoms with Crippen LogP contribution in [0, 0.1) is 12.8 Å². The van der Waals surface area contributed by atoms with Gasteiger partial charge in [0.05, 0.1) is 0 Å². The lowest BCUT2D eigenvalue weighted by atomic mass is 9.87. The average molecular weight is 164 g/mol. The normalized spacial score (nSPS) is 22.3. The average Bonchev–Trinajstić information content (AvgIpc) is 2.47. The molecule has 1 unspecified atom stereocenters. The van der Waals surface area contributed by atoms with Gasteiger partial charge in [-0.1, -0.05) is 0 Å². The zero-order valence-corrected chi connectivity index (χ0v) is 7.56. The van der Waals surface area contributed by atoms with Crippen LogP contribution in [0.1, 0.15) is 23.2 Å². The van der Waals surface area contributed by atoms with E-state index in [1.165, 1.54) is 24.1 Å². The lowest BCUT2D eigenvalue weighted by Crippen LogP contribution is -2.22. The van der Waals surface area contributed by atoms with Gasteiger partial charge in [0.15, 0.2) is 0 Å². The van der Waals surface area contributed by atoms with Crippen LogP contribution in [0.5, 0.6) is 0 Å². The Balaban J connectivity index is 2.24. The van der Waals surface area contributed by atoms with Gasteiger partial charge in [-0.05, 0) is 49.8 Å². The first-order chi connectivity index (χ1) is 5.81. The molecule has 1 heterocycles. The largest absolute Gasteiger partial charge is 0.364 e. The summed E-state index contributed by atoms with van der Waals surface area (Å²) in [5.74, 6) is 0.704. The molecule has 0 aromatic carbocycles. The molecule has 0 bridgehead atoms. The lowest BCUT2D eigenvalue weighted by Gasteiger charge is -2.20. The molecule has 1 atom stereocenters. The second-order valence-corrected chi connectivity index (χ2v) is 3.77. The van der Waals surface area contributed by atoms with Crippen molar-refractivity contribution < 1.29 is 0 Å². The zero-order chi connectivity index (χ0) is 8.55. The molecule has 1 aliphatic carbocycles.